The Bertz CT molecular complexity index is 636. The summed E-state index contributed by atoms with van der Waals surface area (Å²) in [5.74, 6) is -0.759. The van der Waals surface area contributed by atoms with Gasteiger partial charge in [0.1, 0.15) is 0 Å². The van der Waals surface area contributed by atoms with Gasteiger partial charge in [-0.3, -0.25) is 14.5 Å². The third-order valence-corrected chi connectivity index (χ3v) is 5.33. The maximum atomic E-state index is 12.9. The molecule has 0 aromatic heterocycles. The molecule has 2 heterocycles. The quantitative estimate of drug-likeness (QED) is 0.921. The van der Waals surface area contributed by atoms with E-state index in [1.54, 1.807) is 17.9 Å². The summed E-state index contributed by atoms with van der Waals surface area (Å²) in [4.78, 5) is 28.1. The van der Waals surface area contributed by atoms with E-state index in [2.05, 4.69) is 0 Å². The Morgan fingerprint density at radius 2 is 2.09 bits per heavy atom. The predicted octanol–water partition coefficient (Wildman–Crippen LogP) is 2.63. The molecule has 0 bridgehead atoms. The molecule has 5 nitrogen and oxygen atoms in total. The van der Waals surface area contributed by atoms with Crippen molar-refractivity contribution < 1.29 is 14.7 Å². The number of carboxylic acid groups (broad SMARTS) is 1. The number of hydrogen-bond donors (Lipinski definition) is 1. The molecule has 1 aromatic rings. The van der Waals surface area contributed by atoms with Gasteiger partial charge in [-0.05, 0) is 38.3 Å². The molecule has 6 heteroatoms. The molecule has 2 saturated heterocycles. The summed E-state index contributed by atoms with van der Waals surface area (Å²) in [6, 6.07) is 7.10. The molecule has 2 fully saturated rings. The minimum absolute atomic E-state index is 0.0268. The van der Waals surface area contributed by atoms with E-state index >= 15 is 0 Å². The van der Waals surface area contributed by atoms with Crippen LogP contribution in [-0.4, -0.2) is 47.6 Å². The van der Waals surface area contributed by atoms with Crippen molar-refractivity contribution in [1.82, 2.24) is 4.90 Å². The van der Waals surface area contributed by atoms with Crippen LogP contribution in [0.1, 0.15) is 26.2 Å². The van der Waals surface area contributed by atoms with Crippen LogP contribution in [-0.2, 0) is 9.59 Å². The number of carboxylic acids is 1. The molecule has 0 aliphatic carbocycles. The maximum Gasteiger partial charge on any atom is 0.310 e. The lowest BCUT2D eigenvalue weighted by atomic mass is 9.90. The fourth-order valence-electron chi connectivity index (χ4n) is 3.54. The van der Waals surface area contributed by atoms with Gasteiger partial charge in [-0.25, -0.2) is 0 Å². The highest BCUT2D eigenvalue weighted by atomic mass is 35.5. The van der Waals surface area contributed by atoms with Gasteiger partial charge in [-0.1, -0.05) is 23.7 Å². The van der Waals surface area contributed by atoms with E-state index in [1.165, 1.54) is 0 Å². The zero-order valence-corrected chi connectivity index (χ0v) is 13.9. The van der Waals surface area contributed by atoms with E-state index in [1.807, 2.05) is 23.1 Å². The van der Waals surface area contributed by atoms with E-state index in [0.29, 0.717) is 31.1 Å². The number of aliphatic carboxylic acids is 1. The van der Waals surface area contributed by atoms with Crippen LogP contribution in [0, 0.1) is 5.41 Å². The number of likely N-dealkylation sites (tertiary alicyclic amines) is 1. The van der Waals surface area contributed by atoms with Gasteiger partial charge in [0.2, 0.25) is 5.91 Å². The van der Waals surface area contributed by atoms with Gasteiger partial charge in [0.25, 0.3) is 0 Å². The Hall–Kier alpha value is -1.59. The fourth-order valence-corrected chi connectivity index (χ4v) is 3.78. The Balaban J connectivity index is 1.79. The van der Waals surface area contributed by atoms with Gasteiger partial charge >= 0.3 is 5.97 Å². The molecule has 1 aromatic carbocycles. The molecule has 0 saturated carbocycles. The van der Waals surface area contributed by atoms with E-state index in [9.17, 15) is 14.7 Å². The summed E-state index contributed by atoms with van der Waals surface area (Å²) >= 11 is 6.23. The molecule has 3 rings (SSSR count). The lowest BCUT2D eigenvalue weighted by Crippen LogP contribution is -2.52. The molecule has 1 N–H and O–H groups in total. The molecular formula is C17H21ClN2O3. The van der Waals surface area contributed by atoms with Crippen molar-refractivity contribution in [3.8, 4) is 0 Å². The summed E-state index contributed by atoms with van der Waals surface area (Å²) < 4.78 is 0. The molecule has 0 radical (unpaired) electrons. The molecule has 1 amide bonds. The van der Waals surface area contributed by atoms with Gasteiger partial charge < -0.3 is 10.0 Å². The van der Waals surface area contributed by atoms with Gasteiger partial charge in [0.15, 0.2) is 0 Å². The van der Waals surface area contributed by atoms with Crippen molar-refractivity contribution in [3.05, 3.63) is 29.3 Å². The second kappa shape index (κ2) is 6.13. The summed E-state index contributed by atoms with van der Waals surface area (Å²) in [7, 11) is 0. The van der Waals surface area contributed by atoms with Crippen LogP contribution in [0.25, 0.3) is 0 Å². The first-order valence-electron chi connectivity index (χ1n) is 7.96. The summed E-state index contributed by atoms with van der Waals surface area (Å²) in [5.41, 5.74) is -0.0171. The minimum atomic E-state index is -0.786. The number of para-hydroxylation sites is 1. The number of carbonyl (C=O) groups is 2. The molecule has 2 atom stereocenters. The number of benzene rings is 1. The van der Waals surface area contributed by atoms with Crippen LogP contribution >= 0.6 is 11.6 Å². The summed E-state index contributed by atoms with van der Waals surface area (Å²) in [6.45, 7) is 3.49. The molecule has 124 valence electrons. The van der Waals surface area contributed by atoms with Crippen molar-refractivity contribution in [2.45, 2.75) is 32.2 Å². The number of piperidine rings is 1. The Morgan fingerprint density at radius 1 is 1.35 bits per heavy atom. The molecule has 2 aliphatic rings. The number of amides is 1. The third-order valence-electron chi connectivity index (χ3n) is 5.01. The second-order valence-corrected chi connectivity index (χ2v) is 7.09. The van der Waals surface area contributed by atoms with E-state index in [-0.39, 0.29) is 11.9 Å². The molecular weight excluding hydrogens is 316 g/mol. The van der Waals surface area contributed by atoms with Crippen molar-refractivity contribution in [2.24, 2.45) is 5.41 Å². The van der Waals surface area contributed by atoms with Crippen LogP contribution in [0.3, 0.4) is 0 Å². The fraction of sp³-hybridized carbons (Fsp3) is 0.529. The standard InChI is InChI=1S/C17H21ClN2O3/c1-17(16(22)23)8-10-19(11-17)14-7-4-9-20(15(14)21)13-6-3-2-5-12(13)18/h2-3,5-6,14H,4,7-11H2,1H3,(H,22,23). The summed E-state index contributed by atoms with van der Waals surface area (Å²) in [6.07, 6.45) is 2.25. The van der Waals surface area contributed by atoms with Crippen LogP contribution in [0.5, 0.6) is 0 Å². The molecule has 23 heavy (non-hydrogen) atoms. The zero-order chi connectivity index (χ0) is 16.6. The lowest BCUT2D eigenvalue weighted by molar-refractivity contribution is -0.147. The molecule has 0 spiro atoms. The smallest absolute Gasteiger partial charge is 0.310 e. The van der Waals surface area contributed by atoms with E-state index in [0.717, 1.165) is 18.5 Å². The highest BCUT2D eigenvalue weighted by Crippen LogP contribution is 2.35. The normalized spacial score (nSPS) is 29.0. The van der Waals surface area contributed by atoms with Gasteiger partial charge in [-0.15, -0.1) is 0 Å². The lowest BCUT2D eigenvalue weighted by Gasteiger charge is -2.37. The first-order chi connectivity index (χ1) is 10.9. The predicted molar refractivity (Wildman–Crippen MR) is 88.8 cm³/mol. The zero-order valence-electron chi connectivity index (χ0n) is 13.2. The molecule has 2 unspecified atom stereocenters. The number of halogens is 1. The van der Waals surface area contributed by atoms with Crippen molar-refractivity contribution in [1.29, 1.82) is 0 Å². The highest BCUT2D eigenvalue weighted by molar-refractivity contribution is 6.33. The first-order valence-corrected chi connectivity index (χ1v) is 8.33. The number of nitrogens with zero attached hydrogens (tertiary/aromatic N) is 2. The Labute approximate surface area is 140 Å². The largest absolute Gasteiger partial charge is 0.481 e. The van der Waals surface area contributed by atoms with Crippen LogP contribution in [0.4, 0.5) is 5.69 Å². The average Bonchev–Trinajstić information content (AvgIpc) is 2.92. The maximum absolute atomic E-state index is 12.9. The summed E-state index contributed by atoms with van der Waals surface area (Å²) in [5, 5.41) is 9.95. The molecule has 2 aliphatic heterocycles. The van der Waals surface area contributed by atoms with Gasteiger partial charge in [0, 0.05) is 19.6 Å². The van der Waals surface area contributed by atoms with Gasteiger partial charge in [-0.2, -0.15) is 0 Å². The van der Waals surface area contributed by atoms with Crippen LogP contribution in [0.2, 0.25) is 5.02 Å². The number of anilines is 1. The highest BCUT2D eigenvalue weighted by Gasteiger charge is 2.45. The van der Waals surface area contributed by atoms with Crippen LogP contribution < -0.4 is 4.90 Å². The number of carbonyl (C=O) groups excluding carboxylic acids is 1. The number of hydrogen-bond acceptors (Lipinski definition) is 3. The van der Waals surface area contributed by atoms with E-state index in [4.69, 9.17) is 11.6 Å². The average molecular weight is 337 g/mol. The third kappa shape index (κ3) is 2.95. The minimum Gasteiger partial charge on any atom is -0.481 e. The SMILES string of the molecule is CC1(C(=O)O)CCN(C2CCCN(c3ccccc3Cl)C2=O)C1. The monoisotopic (exact) mass is 336 g/mol. The topological polar surface area (TPSA) is 60.9 Å². The van der Waals surface area contributed by atoms with E-state index < -0.39 is 11.4 Å². The van der Waals surface area contributed by atoms with Crippen LogP contribution in [0.15, 0.2) is 24.3 Å². The van der Waals surface area contributed by atoms with Crippen molar-refractivity contribution >= 4 is 29.2 Å². The Kier molecular flexibility index (Phi) is 4.34. The van der Waals surface area contributed by atoms with Gasteiger partial charge in [0.05, 0.1) is 22.2 Å². The van der Waals surface area contributed by atoms with Crippen molar-refractivity contribution in [2.75, 3.05) is 24.5 Å². The van der Waals surface area contributed by atoms with Crippen molar-refractivity contribution in [3.63, 3.8) is 0 Å². The second-order valence-electron chi connectivity index (χ2n) is 6.69. The number of rotatable bonds is 3. The Morgan fingerprint density at radius 3 is 2.74 bits per heavy atom. The first kappa shape index (κ1) is 16.3.